The zero-order chi connectivity index (χ0) is 12.1. The number of anilines is 2. The van der Waals surface area contributed by atoms with Crippen LogP contribution in [0.3, 0.4) is 0 Å². The minimum Gasteiger partial charge on any atom is -0.370 e. The van der Waals surface area contributed by atoms with Crippen molar-refractivity contribution in [1.82, 2.24) is 9.97 Å². The Bertz CT molecular complexity index is 351. The first-order valence-corrected chi connectivity index (χ1v) is 6.26. The summed E-state index contributed by atoms with van der Waals surface area (Å²) in [5.41, 5.74) is 5.53. The highest BCUT2D eigenvalue weighted by Crippen LogP contribution is 2.26. The van der Waals surface area contributed by atoms with E-state index < -0.39 is 0 Å². The number of nitrogens with two attached hydrogens (primary N) is 1. The van der Waals surface area contributed by atoms with Gasteiger partial charge in [-0.05, 0) is 18.8 Å². The summed E-state index contributed by atoms with van der Waals surface area (Å²) in [7, 11) is 1.99. The molecule has 3 N–H and O–H groups in total. The fourth-order valence-corrected chi connectivity index (χ4v) is 1.91. The molecular weight excluding hydrogens is 214 g/mol. The van der Waals surface area contributed by atoms with Crippen LogP contribution in [0.25, 0.3) is 0 Å². The van der Waals surface area contributed by atoms with Crippen molar-refractivity contribution in [2.75, 3.05) is 36.9 Å². The number of likely N-dealkylation sites (N-methyl/N-ethyl adjacent to an activating group) is 1. The lowest BCUT2D eigenvalue weighted by molar-refractivity contribution is 0.333. The fourth-order valence-electron chi connectivity index (χ4n) is 1.91. The summed E-state index contributed by atoms with van der Waals surface area (Å²) in [5, 5.41) is 3.37. The van der Waals surface area contributed by atoms with E-state index in [1.54, 1.807) is 6.33 Å². The van der Waals surface area contributed by atoms with Crippen LogP contribution in [0.4, 0.5) is 11.6 Å². The third kappa shape index (κ3) is 3.30. The minimum atomic E-state index is 0.630. The van der Waals surface area contributed by atoms with Crippen molar-refractivity contribution in [3.05, 3.63) is 12.4 Å². The molecular formula is C12H21N5. The number of nitrogens with zero attached hydrogens (tertiary/aromatic N) is 3. The predicted molar refractivity (Wildman–Crippen MR) is 70.2 cm³/mol. The number of nitrogens with one attached hydrogen (secondary N) is 1. The van der Waals surface area contributed by atoms with Crippen LogP contribution in [0, 0.1) is 5.92 Å². The number of aromatic nitrogens is 2. The Morgan fingerprint density at radius 2 is 2.29 bits per heavy atom. The maximum atomic E-state index is 5.53. The van der Waals surface area contributed by atoms with Crippen molar-refractivity contribution in [2.24, 2.45) is 11.7 Å². The molecule has 0 aliphatic heterocycles. The monoisotopic (exact) mass is 235 g/mol. The van der Waals surface area contributed by atoms with E-state index >= 15 is 0 Å². The average molecular weight is 235 g/mol. The molecule has 1 aliphatic rings. The summed E-state index contributed by atoms with van der Waals surface area (Å²) < 4.78 is 0. The van der Waals surface area contributed by atoms with Crippen molar-refractivity contribution in [1.29, 1.82) is 0 Å². The first kappa shape index (κ1) is 12.1. The van der Waals surface area contributed by atoms with Crippen LogP contribution in [0.15, 0.2) is 12.4 Å². The van der Waals surface area contributed by atoms with E-state index in [4.69, 9.17) is 5.73 Å². The maximum absolute atomic E-state index is 5.53. The van der Waals surface area contributed by atoms with E-state index in [9.17, 15) is 0 Å². The SMILES string of the molecule is CN(CCN)c1cc(NCC2CCC2)ncn1. The molecule has 1 heterocycles. The molecule has 0 amide bonds. The average Bonchev–Trinajstić information content (AvgIpc) is 2.28. The molecule has 0 radical (unpaired) electrons. The highest BCUT2D eigenvalue weighted by Gasteiger charge is 2.16. The largest absolute Gasteiger partial charge is 0.370 e. The second-order valence-electron chi connectivity index (χ2n) is 4.65. The van der Waals surface area contributed by atoms with Crippen molar-refractivity contribution in [3.63, 3.8) is 0 Å². The van der Waals surface area contributed by atoms with Gasteiger partial charge in [0.2, 0.25) is 0 Å². The molecule has 1 saturated carbocycles. The fraction of sp³-hybridized carbons (Fsp3) is 0.667. The molecule has 2 rings (SSSR count). The highest BCUT2D eigenvalue weighted by molar-refractivity contribution is 5.47. The molecule has 0 spiro atoms. The van der Waals surface area contributed by atoms with E-state index in [0.29, 0.717) is 6.54 Å². The molecule has 0 bridgehead atoms. The first-order valence-electron chi connectivity index (χ1n) is 6.26. The van der Waals surface area contributed by atoms with Crippen LogP contribution < -0.4 is 16.0 Å². The summed E-state index contributed by atoms with van der Waals surface area (Å²) in [5.74, 6) is 2.66. The van der Waals surface area contributed by atoms with Crippen LogP contribution in [0.5, 0.6) is 0 Å². The molecule has 0 aromatic carbocycles. The van der Waals surface area contributed by atoms with Crippen molar-refractivity contribution in [2.45, 2.75) is 19.3 Å². The number of hydrogen-bond donors (Lipinski definition) is 2. The van der Waals surface area contributed by atoms with Crippen molar-refractivity contribution >= 4 is 11.6 Å². The smallest absolute Gasteiger partial charge is 0.133 e. The van der Waals surface area contributed by atoms with Gasteiger partial charge in [0.1, 0.15) is 18.0 Å². The van der Waals surface area contributed by atoms with Crippen molar-refractivity contribution in [3.8, 4) is 0 Å². The van der Waals surface area contributed by atoms with Crippen LogP contribution >= 0.6 is 0 Å². The Kier molecular flexibility index (Phi) is 4.14. The summed E-state index contributed by atoms with van der Waals surface area (Å²) >= 11 is 0. The van der Waals surface area contributed by atoms with Crippen molar-refractivity contribution < 1.29 is 0 Å². The van der Waals surface area contributed by atoms with Gasteiger partial charge in [-0.3, -0.25) is 0 Å². The van der Waals surface area contributed by atoms with Gasteiger partial charge in [-0.1, -0.05) is 6.42 Å². The molecule has 5 nitrogen and oxygen atoms in total. The van der Waals surface area contributed by atoms with Gasteiger partial charge >= 0.3 is 0 Å². The van der Waals surface area contributed by atoms with E-state index in [0.717, 1.165) is 30.6 Å². The Hall–Kier alpha value is -1.36. The molecule has 1 aromatic rings. The molecule has 94 valence electrons. The van der Waals surface area contributed by atoms with Gasteiger partial charge in [0.15, 0.2) is 0 Å². The Labute approximate surface area is 102 Å². The maximum Gasteiger partial charge on any atom is 0.133 e. The van der Waals surface area contributed by atoms with Gasteiger partial charge in [-0.25, -0.2) is 9.97 Å². The normalized spacial score (nSPS) is 15.4. The van der Waals surface area contributed by atoms with E-state index in [1.807, 2.05) is 18.0 Å². The molecule has 0 saturated heterocycles. The number of rotatable bonds is 6. The summed E-state index contributed by atoms with van der Waals surface area (Å²) in [6.07, 6.45) is 5.67. The summed E-state index contributed by atoms with van der Waals surface area (Å²) in [6, 6.07) is 1.98. The van der Waals surface area contributed by atoms with Gasteiger partial charge in [-0.2, -0.15) is 0 Å². The van der Waals surface area contributed by atoms with Crippen LogP contribution in [-0.4, -0.2) is 36.6 Å². The Balaban J connectivity index is 1.90. The van der Waals surface area contributed by atoms with Crippen LogP contribution in [-0.2, 0) is 0 Å². The van der Waals surface area contributed by atoms with Crippen LogP contribution in [0.1, 0.15) is 19.3 Å². The predicted octanol–water partition coefficient (Wildman–Crippen LogP) is 1.08. The second kappa shape index (κ2) is 5.82. The lowest BCUT2D eigenvalue weighted by Gasteiger charge is -2.25. The van der Waals surface area contributed by atoms with E-state index in [2.05, 4.69) is 15.3 Å². The number of hydrogen-bond acceptors (Lipinski definition) is 5. The third-order valence-electron chi connectivity index (χ3n) is 3.30. The molecule has 0 atom stereocenters. The highest BCUT2D eigenvalue weighted by atomic mass is 15.2. The zero-order valence-corrected chi connectivity index (χ0v) is 10.4. The lowest BCUT2D eigenvalue weighted by atomic mass is 9.85. The Morgan fingerprint density at radius 3 is 2.94 bits per heavy atom. The second-order valence-corrected chi connectivity index (χ2v) is 4.65. The third-order valence-corrected chi connectivity index (χ3v) is 3.30. The molecule has 17 heavy (non-hydrogen) atoms. The van der Waals surface area contributed by atoms with Gasteiger partial charge in [-0.15, -0.1) is 0 Å². The molecule has 1 aliphatic carbocycles. The topological polar surface area (TPSA) is 67.1 Å². The Morgan fingerprint density at radius 1 is 1.47 bits per heavy atom. The van der Waals surface area contributed by atoms with Gasteiger partial charge in [0.25, 0.3) is 0 Å². The van der Waals surface area contributed by atoms with Gasteiger partial charge in [0, 0.05) is 32.7 Å². The van der Waals surface area contributed by atoms with Crippen LogP contribution in [0.2, 0.25) is 0 Å². The van der Waals surface area contributed by atoms with E-state index in [-0.39, 0.29) is 0 Å². The molecule has 1 aromatic heterocycles. The molecule has 5 heteroatoms. The lowest BCUT2D eigenvalue weighted by Crippen LogP contribution is -2.26. The summed E-state index contributed by atoms with van der Waals surface area (Å²) in [6.45, 7) is 2.46. The summed E-state index contributed by atoms with van der Waals surface area (Å²) in [4.78, 5) is 10.5. The molecule has 1 fully saturated rings. The molecule has 0 unspecified atom stereocenters. The quantitative estimate of drug-likeness (QED) is 0.772. The first-order chi connectivity index (χ1) is 8.29. The van der Waals surface area contributed by atoms with E-state index in [1.165, 1.54) is 19.3 Å². The minimum absolute atomic E-state index is 0.630. The standard InChI is InChI=1S/C12H21N5/c1-17(6-5-13)12-7-11(15-9-16-12)14-8-10-3-2-4-10/h7,9-10H,2-6,8,13H2,1H3,(H,14,15,16). The zero-order valence-electron chi connectivity index (χ0n) is 10.4. The van der Waals surface area contributed by atoms with Gasteiger partial charge in [0.05, 0.1) is 0 Å². The van der Waals surface area contributed by atoms with Gasteiger partial charge < -0.3 is 16.0 Å².